The van der Waals surface area contributed by atoms with E-state index in [1.807, 2.05) is 12.1 Å². The Balaban J connectivity index is 1.18. The summed E-state index contributed by atoms with van der Waals surface area (Å²) >= 11 is 0. The highest BCUT2D eigenvalue weighted by molar-refractivity contribution is 5.88. The van der Waals surface area contributed by atoms with Crippen LogP contribution in [0.15, 0.2) is 103 Å². The molecule has 47 heavy (non-hydrogen) atoms. The maximum atomic E-state index is 10.6. The van der Waals surface area contributed by atoms with Crippen molar-refractivity contribution in [2.45, 2.75) is 40.0 Å². The van der Waals surface area contributed by atoms with Gasteiger partial charge in [-0.15, -0.1) is 0 Å². The Morgan fingerprint density at radius 1 is 0.468 bits per heavy atom. The highest BCUT2D eigenvalue weighted by atomic mass is 16.3. The molecule has 0 atom stereocenters. The van der Waals surface area contributed by atoms with Gasteiger partial charge in [0.15, 0.2) is 11.5 Å². The summed E-state index contributed by atoms with van der Waals surface area (Å²) in [6.45, 7) is 10.4. The van der Waals surface area contributed by atoms with Crippen LogP contribution in [0, 0.1) is 20.8 Å². The van der Waals surface area contributed by atoms with E-state index in [0.717, 1.165) is 11.4 Å². The molecule has 1 aliphatic carbocycles. The Morgan fingerprint density at radius 3 is 1.79 bits per heavy atom. The standard InChI is InChI=1S/C42H37NO4/c1-23-9-6-7-10-30(23)32-12-8-11-31(24(32)2)27-15-19-33-34-20-18-29(22-36(34)42(4,5)35(33)21-27)43-28-16-13-26(14-17-28)37-38(44)25(3)39(45)41(47)40(37)46/h6-22,43-47H,1-5H3. The van der Waals surface area contributed by atoms with Crippen molar-refractivity contribution in [1.29, 1.82) is 0 Å². The molecule has 1 aliphatic rings. The fraction of sp³-hybridized carbons (Fsp3) is 0.143. The van der Waals surface area contributed by atoms with Gasteiger partial charge in [-0.3, -0.25) is 0 Å². The first kappa shape index (κ1) is 30.0. The molecule has 234 valence electrons. The molecule has 7 rings (SSSR count). The monoisotopic (exact) mass is 619 g/mol. The van der Waals surface area contributed by atoms with E-state index >= 15 is 0 Å². The van der Waals surface area contributed by atoms with Crippen LogP contribution in [-0.4, -0.2) is 20.4 Å². The topological polar surface area (TPSA) is 93.0 Å². The number of hydrogen-bond donors (Lipinski definition) is 5. The third-order valence-electron chi connectivity index (χ3n) is 9.85. The van der Waals surface area contributed by atoms with E-state index in [-0.39, 0.29) is 22.3 Å². The van der Waals surface area contributed by atoms with Gasteiger partial charge in [-0.05, 0) is 112 Å². The van der Waals surface area contributed by atoms with Crippen molar-refractivity contribution in [3.8, 4) is 67.5 Å². The fourth-order valence-electron chi connectivity index (χ4n) is 7.08. The first-order valence-corrected chi connectivity index (χ1v) is 15.8. The number of hydrogen-bond acceptors (Lipinski definition) is 5. The van der Waals surface area contributed by atoms with Gasteiger partial charge in [0, 0.05) is 22.4 Å². The number of anilines is 2. The minimum atomic E-state index is -0.655. The van der Waals surface area contributed by atoms with Gasteiger partial charge in [0.1, 0.15) is 5.75 Å². The van der Waals surface area contributed by atoms with E-state index < -0.39 is 17.2 Å². The number of aryl methyl sites for hydroxylation is 1. The number of phenolic OH excluding ortho intramolecular Hbond substituents is 4. The predicted octanol–water partition coefficient (Wildman–Crippen LogP) is 10.5. The zero-order valence-corrected chi connectivity index (χ0v) is 27.1. The lowest BCUT2D eigenvalue weighted by molar-refractivity contribution is 0.360. The summed E-state index contributed by atoms with van der Waals surface area (Å²) < 4.78 is 0. The number of rotatable bonds is 5. The minimum absolute atomic E-state index is 0.0675. The average molecular weight is 620 g/mol. The summed E-state index contributed by atoms with van der Waals surface area (Å²) in [5.41, 5.74) is 14.8. The van der Waals surface area contributed by atoms with Crippen LogP contribution >= 0.6 is 0 Å². The Labute approximate surface area is 275 Å². The molecule has 0 spiro atoms. The van der Waals surface area contributed by atoms with Gasteiger partial charge in [-0.25, -0.2) is 0 Å². The Bertz CT molecular complexity index is 2180. The van der Waals surface area contributed by atoms with E-state index in [2.05, 4.69) is 112 Å². The van der Waals surface area contributed by atoms with Crippen LogP contribution in [-0.2, 0) is 5.41 Å². The van der Waals surface area contributed by atoms with Crippen LogP contribution in [0.25, 0.3) is 44.5 Å². The largest absolute Gasteiger partial charge is 0.507 e. The quantitative estimate of drug-likeness (QED) is 0.0978. The van der Waals surface area contributed by atoms with Crippen LogP contribution in [0.2, 0.25) is 0 Å². The summed E-state index contributed by atoms with van der Waals surface area (Å²) in [5.74, 6) is -2.04. The van der Waals surface area contributed by atoms with Crippen molar-refractivity contribution < 1.29 is 20.4 Å². The Morgan fingerprint density at radius 2 is 1.06 bits per heavy atom. The van der Waals surface area contributed by atoms with Crippen LogP contribution in [0.4, 0.5) is 11.4 Å². The molecule has 0 bridgehead atoms. The molecule has 5 nitrogen and oxygen atoms in total. The zero-order valence-electron chi connectivity index (χ0n) is 27.1. The van der Waals surface area contributed by atoms with Gasteiger partial charge in [-0.2, -0.15) is 0 Å². The van der Waals surface area contributed by atoms with E-state index in [0.29, 0.717) is 5.56 Å². The predicted molar refractivity (Wildman–Crippen MR) is 191 cm³/mol. The summed E-state index contributed by atoms with van der Waals surface area (Å²) in [6, 6.07) is 35.7. The van der Waals surface area contributed by atoms with E-state index in [1.165, 1.54) is 62.6 Å². The van der Waals surface area contributed by atoms with Crippen molar-refractivity contribution in [1.82, 2.24) is 0 Å². The molecule has 6 aromatic rings. The fourth-order valence-corrected chi connectivity index (χ4v) is 7.08. The molecule has 0 aliphatic heterocycles. The maximum Gasteiger partial charge on any atom is 0.201 e. The second-order valence-corrected chi connectivity index (χ2v) is 13.0. The first-order chi connectivity index (χ1) is 22.5. The summed E-state index contributed by atoms with van der Waals surface area (Å²) in [5, 5.41) is 44.6. The number of nitrogens with one attached hydrogen (secondary N) is 1. The zero-order chi connectivity index (χ0) is 33.2. The third kappa shape index (κ3) is 4.78. The molecule has 0 amide bonds. The van der Waals surface area contributed by atoms with Crippen LogP contribution in [0.5, 0.6) is 23.0 Å². The highest BCUT2D eigenvalue weighted by Crippen LogP contribution is 2.52. The van der Waals surface area contributed by atoms with Gasteiger partial charge in [0.2, 0.25) is 5.75 Å². The summed E-state index contributed by atoms with van der Waals surface area (Å²) in [4.78, 5) is 0. The van der Waals surface area contributed by atoms with Crippen molar-refractivity contribution in [3.63, 3.8) is 0 Å². The van der Waals surface area contributed by atoms with E-state index in [4.69, 9.17) is 0 Å². The maximum absolute atomic E-state index is 10.6. The van der Waals surface area contributed by atoms with Gasteiger partial charge in [0.25, 0.3) is 0 Å². The molecular weight excluding hydrogens is 582 g/mol. The average Bonchev–Trinajstić information content (AvgIpc) is 3.29. The molecule has 5 heteroatoms. The summed E-state index contributed by atoms with van der Waals surface area (Å²) in [7, 11) is 0. The SMILES string of the molecule is Cc1ccccc1-c1cccc(-c2ccc3c(c2)C(C)(C)c2cc(Nc4ccc(-c5c(O)c(C)c(O)c(O)c5O)cc4)ccc2-3)c1C. The number of fused-ring (bicyclic) bond motifs is 3. The number of phenols is 4. The highest BCUT2D eigenvalue weighted by Gasteiger charge is 2.36. The molecule has 6 aromatic carbocycles. The lowest BCUT2D eigenvalue weighted by Crippen LogP contribution is -2.15. The molecule has 0 saturated carbocycles. The van der Waals surface area contributed by atoms with Gasteiger partial charge in [0.05, 0.1) is 5.56 Å². The first-order valence-electron chi connectivity index (χ1n) is 15.8. The normalized spacial score (nSPS) is 12.9. The second kappa shape index (κ2) is 11.0. The van der Waals surface area contributed by atoms with Crippen molar-refractivity contribution in [2.24, 2.45) is 0 Å². The molecule has 0 aromatic heterocycles. The number of aromatic hydroxyl groups is 4. The molecule has 5 N–H and O–H groups in total. The molecule has 0 fully saturated rings. The smallest absolute Gasteiger partial charge is 0.201 e. The van der Waals surface area contributed by atoms with Crippen LogP contribution in [0.1, 0.15) is 41.7 Å². The molecule has 0 heterocycles. The van der Waals surface area contributed by atoms with Gasteiger partial charge >= 0.3 is 0 Å². The molecule has 0 unspecified atom stereocenters. The molecule has 0 saturated heterocycles. The van der Waals surface area contributed by atoms with E-state index in [1.54, 1.807) is 12.1 Å². The Hall–Kier alpha value is -5.68. The van der Waals surface area contributed by atoms with Gasteiger partial charge < -0.3 is 25.7 Å². The van der Waals surface area contributed by atoms with E-state index in [9.17, 15) is 20.4 Å². The number of benzene rings is 6. The van der Waals surface area contributed by atoms with Crippen molar-refractivity contribution >= 4 is 11.4 Å². The summed E-state index contributed by atoms with van der Waals surface area (Å²) in [6.07, 6.45) is 0. The lowest BCUT2D eigenvalue weighted by atomic mass is 9.81. The third-order valence-corrected chi connectivity index (χ3v) is 9.85. The lowest BCUT2D eigenvalue weighted by Gasteiger charge is -2.23. The van der Waals surface area contributed by atoms with Gasteiger partial charge in [-0.1, -0.05) is 86.6 Å². The molecular formula is C42H37NO4. The van der Waals surface area contributed by atoms with Crippen molar-refractivity contribution in [3.05, 3.63) is 131 Å². The Kier molecular flexibility index (Phi) is 7.01. The molecule has 0 radical (unpaired) electrons. The van der Waals surface area contributed by atoms with Crippen LogP contribution in [0.3, 0.4) is 0 Å². The van der Waals surface area contributed by atoms with Crippen molar-refractivity contribution in [2.75, 3.05) is 5.32 Å². The van der Waals surface area contributed by atoms with Crippen LogP contribution < -0.4 is 5.32 Å². The second-order valence-electron chi connectivity index (χ2n) is 13.0. The minimum Gasteiger partial charge on any atom is -0.507 e.